The Morgan fingerprint density at radius 1 is 0.694 bits per heavy atom. The van der Waals surface area contributed by atoms with E-state index in [0.717, 1.165) is 86.5 Å². The van der Waals surface area contributed by atoms with Crippen molar-refractivity contribution in [1.82, 2.24) is 53.2 Å². The molecule has 38 nitrogen and oxygen atoms in total. The van der Waals surface area contributed by atoms with Crippen LogP contribution in [-0.4, -0.2) is 227 Å². The number of likely N-dealkylation sites (N-methyl/N-ethyl adjacent to an activating group) is 1. The summed E-state index contributed by atoms with van der Waals surface area (Å²) in [5.41, 5.74) is 0.545. The van der Waals surface area contributed by atoms with E-state index < -0.39 is 269 Å². The quantitative estimate of drug-likeness (QED) is 0.0232. The lowest BCUT2D eigenvalue weighted by Crippen LogP contribution is -2.65. The maximum Gasteiger partial charge on any atom is 0.339 e. The van der Waals surface area contributed by atoms with Crippen LogP contribution in [0.1, 0.15) is 169 Å². The molecule has 7 amide bonds. The summed E-state index contributed by atoms with van der Waals surface area (Å²) in [4.78, 5) is 138. The highest BCUT2D eigenvalue weighted by atomic mass is 35.5. The van der Waals surface area contributed by atoms with Gasteiger partial charge in [-0.2, -0.15) is 0 Å². The third-order valence-electron chi connectivity index (χ3n) is 21.7. The number of fused-ring (bicyclic) bond motifs is 15. The summed E-state index contributed by atoms with van der Waals surface area (Å²) >= 11 is 14.3. The summed E-state index contributed by atoms with van der Waals surface area (Å²) in [6.45, 7) is 8.98. The molecule has 0 saturated carbocycles. The molecule has 662 valence electrons. The Labute approximate surface area is 705 Å². The van der Waals surface area contributed by atoms with Crippen molar-refractivity contribution in [3.63, 3.8) is 0 Å². The molecule has 11 bridgehead atoms. The van der Waals surface area contributed by atoms with Gasteiger partial charge in [-0.25, -0.2) is 4.79 Å². The molecule has 12 rings (SSSR count). The molecular weight excluding hydrogens is 1650 g/mol. The van der Waals surface area contributed by atoms with Gasteiger partial charge in [0.05, 0.1) is 53.2 Å². The van der Waals surface area contributed by atoms with Gasteiger partial charge in [0.15, 0.2) is 29.9 Å². The fraction of sp³-hybridized carbons (Fsp3) is 0.525. The molecule has 0 aliphatic carbocycles. The zero-order chi connectivity index (χ0) is 88.2. The summed E-state index contributed by atoms with van der Waals surface area (Å²) in [7, 11) is -3.38. The van der Waals surface area contributed by atoms with Crippen LogP contribution in [-0.2, 0) is 63.7 Å². The second kappa shape index (κ2) is 41.4. The minimum Gasteiger partial charge on any atom is -0.507 e. The molecular formula is C80H106Cl2N11O27P. The average molecular weight is 1760 g/mol. The van der Waals surface area contributed by atoms with Crippen LogP contribution >= 0.6 is 30.8 Å². The Morgan fingerprint density at radius 3 is 1.91 bits per heavy atom. The minimum atomic E-state index is -4.85. The van der Waals surface area contributed by atoms with Crippen LogP contribution in [0.25, 0.3) is 11.1 Å². The van der Waals surface area contributed by atoms with Gasteiger partial charge in [-0.05, 0) is 123 Å². The molecule has 7 aliphatic rings. The van der Waals surface area contributed by atoms with Crippen molar-refractivity contribution < 1.29 is 132 Å². The number of halogens is 2. The Balaban J connectivity index is 1.17. The third-order valence-corrected chi connectivity index (χ3v) is 22.9. The molecule has 18 atom stereocenters. The van der Waals surface area contributed by atoms with Crippen LogP contribution in [0.2, 0.25) is 10.0 Å². The van der Waals surface area contributed by atoms with E-state index in [2.05, 4.69) is 60.1 Å². The molecule has 2 saturated heterocycles. The van der Waals surface area contributed by atoms with Crippen LogP contribution < -0.4 is 73.1 Å². The van der Waals surface area contributed by atoms with Crippen molar-refractivity contribution in [2.24, 2.45) is 11.7 Å². The van der Waals surface area contributed by atoms with Gasteiger partial charge in [0.1, 0.15) is 89.5 Å². The smallest absolute Gasteiger partial charge is 0.339 e. The number of amides is 7. The number of aliphatic hydroxyl groups excluding tert-OH is 6. The largest absolute Gasteiger partial charge is 0.507 e. The zero-order valence-corrected chi connectivity index (χ0v) is 69.5. The summed E-state index contributed by atoms with van der Waals surface area (Å²) in [6.07, 6.45) is -10.6. The summed E-state index contributed by atoms with van der Waals surface area (Å²) in [5, 5.41) is 144. The van der Waals surface area contributed by atoms with E-state index in [4.69, 9.17) is 57.4 Å². The first-order valence-corrected chi connectivity index (χ1v) is 42.3. The number of hydrogen-bond donors (Lipinski definition) is 23. The van der Waals surface area contributed by atoms with E-state index in [1.807, 2.05) is 13.8 Å². The molecule has 1 unspecified atom stereocenters. The first-order valence-electron chi connectivity index (χ1n) is 39.7. The fourth-order valence-electron chi connectivity index (χ4n) is 15.2. The highest BCUT2D eigenvalue weighted by Gasteiger charge is 2.52. The summed E-state index contributed by atoms with van der Waals surface area (Å²) in [5.74, 6) is -17.1. The normalized spacial score (nSPS) is 26.7. The Hall–Kier alpha value is -9.13. The van der Waals surface area contributed by atoms with Gasteiger partial charge >= 0.3 is 13.6 Å². The molecule has 0 aromatic heterocycles. The number of phenolic OH excluding ortho intramolecular Hbond substituents is 3. The lowest BCUT2D eigenvalue weighted by atomic mass is 9.85. The van der Waals surface area contributed by atoms with Gasteiger partial charge in [0, 0.05) is 48.3 Å². The zero-order valence-electron chi connectivity index (χ0n) is 67.1. The Morgan fingerprint density at radius 2 is 1.31 bits per heavy atom. The number of nitrogens with one attached hydrogen (secondary N) is 10. The highest BCUT2D eigenvalue weighted by Crippen LogP contribution is 2.51. The van der Waals surface area contributed by atoms with Gasteiger partial charge in [0.2, 0.25) is 53.4 Å². The van der Waals surface area contributed by atoms with E-state index in [1.165, 1.54) is 51.3 Å². The first kappa shape index (κ1) is 94.1. The number of carbonyl (C=O) groups excluding carboxylic acids is 7. The van der Waals surface area contributed by atoms with E-state index in [9.17, 15) is 79.8 Å². The number of aliphatic carboxylic acids is 1. The van der Waals surface area contributed by atoms with Crippen molar-refractivity contribution in [3.05, 3.63) is 116 Å². The van der Waals surface area contributed by atoms with Gasteiger partial charge in [-0.1, -0.05) is 107 Å². The average Bonchev–Trinajstić information content (AvgIpc) is 0.839. The van der Waals surface area contributed by atoms with E-state index in [-0.39, 0.29) is 40.7 Å². The van der Waals surface area contributed by atoms with Crippen molar-refractivity contribution in [2.45, 2.75) is 221 Å². The molecule has 5 aromatic carbocycles. The van der Waals surface area contributed by atoms with Gasteiger partial charge in [-0.15, -0.1) is 0 Å². The number of aliphatic hydroxyl groups is 6. The van der Waals surface area contributed by atoms with Gasteiger partial charge in [0.25, 0.3) is 0 Å². The number of nitrogens with two attached hydrogens (primary N) is 1. The van der Waals surface area contributed by atoms with Crippen LogP contribution in [0.3, 0.4) is 0 Å². The van der Waals surface area contributed by atoms with Crippen molar-refractivity contribution in [2.75, 3.05) is 39.6 Å². The molecule has 41 heteroatoms. The van der Waals surface area contributed by atoms with Crippen LogP contribution in [0.15, 0.2) is 72.8 Å². The minimum absolute atomic E-state index is 0.123. The molecule has 121 heavy (non-hydrogen) atoms. The number of rotatable bonds is 30. The second-order valence-electron chi connectivity index (χ2n) is 31.3. The molecule has 7 aliphatic heterocycles. The van der Waals surface area contributed by atoms with Crippen molar-refractivity contribution >= 4 is 78.1 Å². The summed E-state index contributed by atoms with van der Waals surface area (Å²) < 4.78 is 51.4. The topological polar surface area (TPSA) is 598 Å². The predicted octanol–water partition coefficient (Wildman–Crippen LogP) is 2.69. The Kier molecular flexibility index (Phi) is 32.2. The number of unbranched alkanes of at least 4 members (excludes halogenated alkanes) is 7. The molecule has 24 N–H and O–H groups in total. The third kappa shape index (κ3) is 23.0. The SMILES string of the molecule is CCCCCCCCCCNCCN[C@@]1(C)C[C@H](O[C@H]2[C@H](Oc3c4cc5cc3Oc3ccc(cc3Cl)[C@@H](O)[C@@H]3NC(=O)[C@H](NC(=O)[C@@H]5NC(=O)[C@H](CC(N)=O)NC(=O)C(NC(=O)[C@@H](CC(C)C)NC)[C@H](O)c5ccc(c(Cl)c5)O4)c4ccc(O)c(c4)-c4c(cc(O)c(CNCP(=O)(O)O)c4O)[C@@H](C(=O)O)NC3=O)O[C@H](CO)[C@@H](O)[C@@H]2O)O[C@@H](C)[C@H]1O. The number of benzene rings is 5. The number of hydrogen-bond acceptors (Lipinski definition) is 28. The lowest BCUT2D eigenvalue weighted by Gasteiger charge is -2.48. The van der Waals surface area contributed by atoms with E-state index >= 15 is 24.0 Å². The Bertz CT molecular complexity index is 4650. The standard InChI is InChI=1S/C80H106Cl2N11O27P/c1-7-8-9-10-11-12-13-14-21-85-22-23-87-80(5)32-57(115-37(4)71(80)103)119-70-68(102)67(101)55(34-94)118-79(70)120-69-53-28-41-29-54(69)117-52-20-17-40(27-46(52)82)65(99)63-77(109)91-61(78(110)111)43-30-50(96)44(33-86-35-121(112,113)114)66(100)58(43)42-25-38(15-18-49(42)95)59(74(106)93-63)90-75(107)60(41)89-73(105)48(31-56(83)97)88-76(108)62(92-72(104)47(84-6)24-36(2)3)64(98)39-16-19-51(116-53)45(81)26-39/h15-20,25-30,36-37,47-48,55,57,59-65,67-68,70-71,79,84-87,94-96,98-103H,7-14,21-24,31-35H2,1-6H3,(H2,83,97)(H,88,108)(H,89,105)(H,90,107)(H,91,109)(H,92,104)(H,93,106)(H,110,111)(H2,112,113,114)/t37-,47+,48-,55+,57-,59+,60+,61-,62?,63-,64+,65+,67+,68-,70+,71+,79-,80-/m0/s1. The number of carboxylic acids is 1. The molecule has 2 fully saturated rings. The van der Waals surface area contributed by atoms with Gasteiger partial charge < -0.3 is 148 Å². The fourth-order valence-corrected chi connectivity index (χ4v) is 16.0. The number of ether oxygens (including phenoxy) is 6. The van der Waals surface area contributed by atoms with E-state index in [1.54, 1.807) is 13.8 Å². The number of carboxylic acid groups (broad SMARTS) is 1. The predicted molar refractivity (Wildman–Crippen MR) is 432 cm³/mol. The number of aromatic hydroxyl groups is 3. The number of primary amides is 1. The maximum atomic E-state index is 16.3. The maximum absolute atomic E-state index is 16.3. The second-order valence-corrected chi connectivity index (χ2v) is 33.7. The molecule has 0 spiro atoms. The van der Waals surface area contributed by atoms with Gasteiger partial charge in [-0.3, -0.25) is 38.1 Å². The number of carbonyl (C=O) groups is 8. The van der Waals surface area contributed by atoms with Crippen LogP contribution in [0.4, 0.5) is 0 Å². The van der Waals surface area contributed by atoms with Crippen LogP contribution in [0.5, 0.6) is 46.0 Å². The highest BCUT2D eigenvalue weighted by molar-refractivity contribution is 7.51. The number of phenols is 3. The summed E-state index contributed by atoms with van der Waals surface area (Å²) in [6, 6.07) is -2.39. The van der Waals surface area contributed by atoms with E-state index in [0.29, 0.717) is 13.1 Å². The van der Waals surface area contributed by atoms with Crippen molar-refractivity contribution in [1.29, 1.82) is 0 Å². The van der Waals surface area contributed by atoms with Crippen LogP contribution in [0, 0.1) is 5.92 Å². The molecule has 7 heterocycles. The monoisotopic (exact) mass is 1750 g/mol. The molecule has 0 radical (unpaired) electrons. The molecule has 5 aromatic rings. The first-order chi connectivity index (χ1) is 57.3. The lowest BCUT2D eigenvalue weighted by molar-refractivity contribution is -0.334. The van der Waals surface area contributed by atoms with Crippen molar-refractivity contribution in [3.8, 4) is 57.1 Å².